The SMILES string of the molecule is NCCNCc1ccc(-c2cnc3c(c2)CCC(=O)N3)cc1. The molecule has 0 unspecified atom stereocenters. The number of nitrogens with one attached hydrogen (secondary N) is 2. The maximum atomic E-state index is 11.4. The summed E-state index contributed by atoms with van der Waals surface area (Å²) in [4.78, 5) is 15.7. The van der Waals surface area contributed by atoms with Gasteiger partial charge in [-0.2, -0.15) is 0 Å². The maximum Gasteiger partial charge on any atom is 0.225 e. The third-order valence-corrected chi connectivity index (χ3v) is 3.78. The average molecular weight is 296 g/mol. The Balaban J connectivity index is 1.75. The molecule has 4 N–H and O–H groups in total. The van der Waals surface area contributed by atoms with Gasteiger partial charge >= 0.3 is 0 Å². The first-order valence-electron chi connectivity index (χ1n) is 7.55. The molecule has 1 aromatic heterocycles. The molecule has 0 radical (unpaired) electrons. The van der Waals surface area contributed by atoms with Crippen molar-refractivity contribution in [1.82, 2.24) is 10.3 Å². The van der Waals surface area contributed by atoms with Gasteiger partial charge in [0.05, 0.1) is 0 Å². The molecule has 5 nitrogen and oxygen atoms in total. The van der Waals surface area contributed by atoms with Gasteiger partial charge in [0.25, 0.3) is 0 Å². The Morgan fingerprint density at radius 2 is 2.00 bits per heavy atom. The van der Waals surface area contributed by atoms with E-state index in [1.165, 1.54) is 5.56 Å². The predicted molar refractivity (Wildman–Crippen MR) is 87.4 cm³/mol. The standard InChI is InChI=1S/C17H20N4O/c18-7-8-19-10-12-1-3-13(4-2-12)15-9-14-5-6-16(22)21-17(14)20-11-15/h1-4,9,11,19H,5-8,10,18H2,(H,20,21,22). The summed E-state index contributed by atoms with van der Waals surface area (Å²) in [6.45, 7) is 2.30. The van der Waals surface area contributed by atoms with Gasteiger partial charge < -0.3 is 16.4 Å². The number of nitrogens with two attached hydrogens (primary N) is 1. The molecule has 0 saturated heterocycles. The van der Waals surface area contributed by atoms with Crippen molar-refractivity contribution in [2.75, 3.05) is 18.4 Å². The number of benzene rings is 1. The number of rotatable bonds is 5. The Morgan fingerprint density at radius 3 is 2.77 bits per heavy atom. The second kappa shape index (κ2) is 6.68. The number of amides is 1. The fraction of sp³-hybridized carbons (Fsp3) is 0.294. The van der Waals surface area contributed by atoms with Crippen LogP contribution in [0.5, 0.6) is 0 Å². The number of nitrogens with zero attached hydrogens (tertiary/aromatic N) is 1. The van der Waals surface area contributed by atoms with Gasteiger partial charge in [-0.15, -0.1) is 0 Å². The summed E-state index contributed by atoms with van der Waals surface area (Å²) in [5, 5.41) is 6.09. The molecule has 1 amide bonds. The van der Waals surface area contributed by atoms with Crippen molar-refractivity contribution in [2.45, 2.75) is 19.4 Å². The molecule has 0 atom stereocenters. The first-order valence-corrected chi connectivity index (χ1v) is 7.55. The van der Waals surface area contributed by atoms with Crippen LogP contribution in [-0.2, 0) is 17.8 Å². The quantitative estimate of drug-likeness (QED) is 0.733. The molecule has 2 heterocycles. The summed E-state index contributed by atoms with van der Waals surface area (Å²) < 4.78 is 0. The van der Waals surface area contributed by atoms with E-state index in [1.54, 1.807) is 0 Å². The van der Waals surface area contributed by atoms with Crippen LogP contribution < -0.4 is 16.4 Å². The molecule has 114 valence electrons. The Bertz CT molecular complexity index is 667. The van der Waals surface area contributed by atoms with Crippen molar-refractivity contribution in [3.05, 3.63) is 47.7 Å². The number of carbonyl (C=O) groups is 1. The number of pyridine rings is 1. The monoisotopic (exact) mass is 296 g/mol. The Kier molecular flexibility index (Phi) is 4.46. The highest BCUT2D eigenvalue weighted by atomic mass is 16.1. The zero-order chi connectivity index (χ0) is 15.4. The zero-order valence-corrected chi connectivity index (χ0v) is 12.4. The van der Waals surface area contributed by atoms with E-state index in [9.17, 15) is 4.79 Å². The summed E-state index contributed by atoms with van der Waals surface area (Å²) in [5.74, 6) is 0.740. The summed E-state index contributed by atoms with van der Waals surface area (Å²) in [7, 11) is 0. The van der Waals surface area contributed by atoms with E-state index < -0.39 is 0 Å². The van der Waals surface area contributed by atoms with Crippen molar-refractivity contribution in [1.29, 1.82) is 0 Å². The van der Waals surface area contributed by atoms with Crippen molar-refractivity contribution in [2.24, 2.45) is 5.73 Å². The normalized spacial score (nSPS) is 13.6. The van der Waals surface area contributed by atoms with Crippen molar-refractivity contribution in [3.63, 3.8) is 0 Å². The second-order valence-corrected chi connectivity index (χ2v) is 5.44. The summed E-state index contributed by atoms with van der Waals surface area (Å²) in [6.07, 6.45) is 3.10. The first kappa shape index (κ1) is 14.7. The molecule has 0 bridgehead atoms. The van der Waals surface area contributed by atoms with Gasteiger partial charge in [0.1, 0.15) is 5.82 Å². The predicted octanol–water partition coefficient (Wildman–Crippen LogP) is 1.68. The lowest BCUT2D eigenvalue weighted by atomic mass is 10.0. The van der Waals surface area contributed by atoms with Crippen LogP contribution in [0.4, 0.5) is 5.82 Å². The van der Waals surface area contributed by atoms with Gasteiger partial charge in [0.2, 0.25) is 5.91 Å². The van der Waals surface area contributed by atoms with Gasteiger partial charge in [-0.3, -0.25) is 4.79 Å². The van der Waals surface area contributed by atoms with Crippen LogP contribution in [0.15, 0.2) is 36.5 Å². The smallest absolute Gasteiger partial charge is 0.225 e. The number of hydrogen-bond acceptors (Lipinski definition) is 4. The van der Waals surface area contributed by atoms with E-state index in [-0.39, 0.29) is 5.91 Å². The molecule has 5 heteroatoms. The molecule has 1 aliphatic heterocycles. The molecule has 0 fully saturated rings. The minimum atomic E-state index is 0.0436. The molecular formula is C17H20N4O. The molecule has 3 rings (SSSR count). The van der Waals surface area contributed by atoms with E-state index in [1.807, 2.05) is 6.20 Å². The number of fused-ring (bicyclic) bond motifs is 1. The minimum absolute atomic E-state index is 0.0436. The summed E-state index contributed by atoms with van der Waals surface area (Å²) in [6, 6.07) is 10.5. The average Bonchev–Trinajstić information content (AvgIpc) is 2.55. The number of aryl methyl sites for hydroxylation is 1. The Morgan fingerprint density at radius 1 is 1.18 bits per heavy atom. The molecule has 2 aromatic rings. The third-order valence-electron chi connectivity index (χ3n) is 3.78. The third kappa shape index (κ3) is 3.32. The van der Waals surface area contributed by atoms with Crippen LogP contribution in [0.2, 0.25) is 0 Å². The van der Waals surface area contributed by atoms with Crippen LogP contribution in [0.3, 0.4) is 0 Å². The molecular weight excluding hydrogens is 276 g/mol. The van der Waals surface area contributed by atoms with E-state index in [4.69, 9.17) is 5.73 Å². The Labute approximate surface area is 129 Å². The minimum Gasteiger partial charge on any atom is -0.329 e. The highest BCUT2D eigenvalue weighted by molar-refractivity contribution is 5.93. The van der Waals surface area contributed by atoms with Crippen LogP contribution >= 0.6 is 0 Å². The number of carbonyl (C=O) groups excluding carboxylic acids is 1. The van der Waals surface area contributed by atoms with Crippen LogP contribution in [-0.4, -0.2) is 24.0 Å². The van der Waals surface area contributed by atoms with Gasteiger partial charge in [-0.25, -0.2) is 4.98 Å². The van der Waals surface area contributed by atoms with E-state index in [0.717, 1.165) is 36.2 Å². The summed E-state index contributed by atoms with van der Waals surface area (Å²) in [5.41, 5.74) is 10.0. The first-order chi connectivity index (χ1) is 10.8. The number of hydrogen-bond donors (Lipinski definition) is 3. The lowest BCUT2D eigenvalue weighted by molar-refractivity contribution is -0.116. The lowest BCUT2D eigenvalue weighted by Gasteiger charge is -2.16. The van der Waals surface area contributed by atoms with E-state index in [0.29, 0.717) is 18.8 Å². The number of aromatic nitrogens is 1. The van der Waals surface area contributed by atoms with E-state index in [2.05, 4.69) is 45.9 Å². The van der Waals surface area contributed by atoms with Gasteiger partial charge in [-0.1, -0.05) is 24.3 Å². The van der Waals surface area contributed by atoms with Crippen molar-refractivity contribution < 1.29 is 4.79 Å². The fourth-order valence-corrected chi connectivity index (χ4v) is 2.56. The fourth-order valence-electron chi connectivity index (χ4n) is 2.56. The van der Waals surface area contributed by atoms with Gasteiger partial charge in [0.15, 0.2) is 0 Å². The molecule has 22 heavy (non-hydrogen) atoms. The zero-order valence-electron chi connectivity index (χ0n) is 12.4. The lowest BCUT2D eigenvalue weighted by Crippen LogP contribution is -2.21. The topological polar surface area (TPSA) is 80.0 Å². The Hall–Kier alpha value is -2.24. The van der Waals surface area contributed by atoms with Crippen molar-refractivity contribution >= 4 is 11.7 Å². The van der Waals surface area contributed by atoms with Crippen LogP contribution in [0.25, 0.3) is 11.1 Å². The molecule has 0 spiro atoms. The second-order valence-electron chi connectivity index (χ2n) is 5.44. The molecule has 1 aliphatic rings. The number of anilines is 1. The largest absolute Gasteiger partial charge is 0.329 e. The molecule has 1 aromatic carbocycles. The van der Waals surface area contributed by atoms with Crippen molar-refractivity contribution in [3.8, 4) is 11.1 Å². The van der Waals surface area contributed by atoms with Gasteiger partial charge in [0, 0.05) is 37.8 Å². The molecule has 0 saturated carbocycles. The summed E-state index contributed by atoms with van der Waals surface area (Å²) >= 11 is 0. The molecule has 0 aliphatic carbocycles. The highest BCUT2D eigenvalue weighted by Crippen LogP contribution is 2.26. The van der Waals surface area contributed by atoms with Crippen LogP contribution in [0.1, 0.15) is 17.5 Å². The van der Waals surface area contributed by atoms with E-state index >= 15 is 0 Å². The highest BCUT2D eigenvalue weighted by Gasteiger charge is 2.16. The van der Waals surface area contributed by atoms with Gasteiger partial charge in [-0.05, 0) is 29.2 Å². The maximum absolute atomic E-state index is 11.4. The van der Waals surface area contributed by atoms with Crippen LogP contribution in [0, 0.1) is 0 Å².